The van der Waals surface area contributed by atoms with Gasteiger partial charge >= 0.3 is 12.1 Å². The van der Waals surface area contributed by atoms with E-state index in [1.807, 2.05) is 0 Å². The number of nitrogens with one attached hydrogen (secondary N) is 1. The van der Waals surface area contributed by atoms with Crippen molar-refractivity contribution >= 4 is 23.7 Å². The zero-order valence-corrected chi connectivity index (χ0v) is 9.19. The van der Waals surface area contributed by atoms with Gasteiger partial charge in [-0.1, -0.05) is 23.7 Å². The van der Waals surface area contributed by atoms with Gasteiger partial charge in [0.25, 0.3) is 0 Å². The predicted octanol–water partition coefficient (Wildman–Crippen LogP) is 1.90. The molecule has 1 aromatic carbocycles. The molecule has 0 spiro atoms. The number of hydrogen-bond donors (Lipinski definition) is 2. The van der Waals surface area contributed by atoms with Crippen LogP contribution in [0.1, 0.15) is 6.92 Å². The highest BCUT2D eigenvalue weighted by molar-refractivity contribution is 6.32. The lowest BCUT2D eigenvalue weighted by atomic mass is 10.3. The zero-order valence-electron chi connectivity index (χ0n) is 8.44. The molecule has 0 heterocycles. The van der Waals surface area contributed by atoms with Crippen molar-refractivity contribution in [2.75, 3.05) is 0 Å². The molecule has 0 aliphatic rings. The predicted molar refractivity (Wildman–Crippen MR) is 57.7 cm³/mol. The highest BCUT2D eigenvalue weighted by Gasteiger charge is 2.15. The van der Waals surface area contributed by atoms with E-state index in [0.29, 0.717) is 0 Å². The largest absolute Gasteiger partial charge is 0.480 e. The number of carboxylic acid groups (broad SMARTS) is 1. The molecule has 0 bridgehead atoms. The van der Waals surface area contributed by atoms with Crippen LogP contribution in [-0.4, -0.2) is 23.2 Å². The number of benzene rings is 1. The average Bonchev–Trinajstić information content (AvgIpc) is 2.21. The van der Waals surface area contributed by atoms with E-state index in [1.54, 1.807) is 18.2 Å². The van der Waals surface area contributed by atoms with Crippen molar-refractivity contribution in [3.63, 3.8) is 0 Å². The molecular formula is C10H10ClNO4. The fourth-order valence-corrected chi connectivity index (χ4v) is 1.07. The van der Waals surface area contributed by atoms with E-state index in [-0.39, 0.29) is 10.8 Å². The maximum absolute atomic E-state index is 11.2. The second-order valence-electron chi connectivity index (χ2n) is 3.02. The minimum absolute atomic E-state index is 0.180. The van der Waals surface area contributed by atoms with Crippen molar-refractivity contribution in [1.82, 2.24) is 5.32 Å². The Morgan fingerprint density at radius 3 is 2.62 bits per heavy atom. The highest BCUT2D eigenvalue weighted by atomic mass is 35.5. The summed E-state index contributed by atoms with van der Waals surface area (Å²) in [5.74, 6) is -0.963. The van der Waals surface area contributed by atoms with Crippen LogP contribution in [-0.2, 0) is 4.79 Å². The number of rotatable bonds is 3. The maximum atomic E-state index is 11.2. The summed E-state index contributed by atoms with van der Waals surface area (Å²) in [5.41, 5.74) is 0. The van der Waals surface area contributed by atoms with Crippen LogP contribution >= 0.6 is 11.6 Å². The molecule has 1 atom stereocenters. The van der Waals surface area contributed by atoms with Gasteiger partial charge in [-0.3, -0.25) is 4.79 Å². The first-order valence-corrected chi connectivity index (χ1v) is 4.84. The quantitative estimate of drug-likeness (QED) is 0.850. The second-order valence-corrected chi connectivity index (χ2v) is 3.43. The van der Waals surface area contributed by atoms with E-state index in [2.05, 4.69) is 5.32 Å². The van der Waals surface area contributed by atoms with Crippen LogP contribution in [0, 0.1) is 0 Å². The number of amides is 1. The van der Waals surface area contributed by atoms with Crippen molar-refractivity contribution in [2.45, 2.75) is 13.0 Å². The lowest BCUT2D eigenvalue weighted by Gasteiger charge is -2.10. The normalized spacial score (nSPS) is 11.6. The molecule has 0 saturated heterocycles. The summed E-state index contributed by atoms with van der Waals surface area (Å²) in [7, 11) is 0. The summed E-state index contributed by atoms with van der Waals surface area (Å²) in [6.07, 6.45) is -0.858. The lowest BCUT2D eigenvalue weighted by Crippen LogP contribution is -2.39. The molecule has 0 radical (unpaired) electrons. The van der Waals surface area contributed by atoms with Crippen molar-refractivity contribution in [3.05, 3.63) is 29.3 Å². The summed E-state index contributed by atoms with van der Waals surface area (Å²) >= 11 is 5.75. The average molecular weight is 244 g/mol. The minimum atomic E-state index is -1.14. The maximum Gasteiger partial charge on any atom is 0.413 e. The van der Waals surface area contributed by atoms with E-state index in [9.17, 15) is 9.59 Å². The molecule has 2 N–H and O–H groups in total. The van der Waals surface area contributed by atoms with Gasteiger partial charge in [-0.05, 0) is 19.1 Å². The molecule has 1 unspecified atom stereocenters. The molecule has 1 aromatic rings. The first kappa shape index (κ1) is 12.3. The van der Waals surface area contributed by atoms with Gasteiger partial charge in [-0.25, -0.2) is 4.79 Å². The van der Waals surface area contributed by atoms with Gasteiger partial charge in [0.1, 0.15) is 6.04 Å². The van der Waals surface area contributed by atoms with Crippen LogP contribution in [0.15, 0.2) is 24.3 Å². The molecule has 0 aliphatic heterocycles. The van der Waals surface area contributed by atoms with E-state index < -0.39 is 18.1 Å². The van der Waals surface area contributed by atoms with Crippen LogP contribution in [0.25, 0.3) is 0 Å². The van der Waals surface area contributed by atoms with E-state index in [0.717, 1.165) is 0 Å². The van der Waals surface area contributed by atoms with Gasteiger partial charge in [0.2, 0.25) is 0 Å². The van der Waals surface area contributed by atoms with Crippen LogP contribution in [0.5, 0.6) is 5.75 Å². The second kappa shape index (κ2) is 5.37. The molecule has 0 aromatic heterocycles. The van der Waals surface area contributed by atoms with Crippen molar-refractivity contribution in [3.8, 4) is 5.75 Å². The van der Waals surface area contributed by atoms with Gasteiger partial charge in [-0.2, -0.15) is 0 Å². The SMILES string of the molecule is CC(NC(=O)Oc1ccccc1Cl)C(=O)O. The summed E-state index contributed by atoms with van der Waals surface area (Å²) < 4.78 is 4.82. The lowest BCUT2D eigenvalue weighted by molar-refractivity contribution is -0.138. The van der Waals surface area contributed by atoms with Crippen molar-refractivity contribution < 1.29 is 19.4 Å². The summed E-state index contributed by atoms with van der Waals surface area (Å²) in [5, 5.41) is 11.0. The Morgan fingerprint density at radius 2 is 2.06 bits per heavy atom. The van der Waals surface area contributed by atoms with Crippen molar-refractivity contribution in [2.24, 2.45) is 0 Å². The zero-order chi connectivity index (χ0) is 12.1. The van der Waals surface area contributed by atoms with Gasteiger partial charge in [0, 0.05) is 0 Å². The molecule has 1 rings (SSSR count). The first-order chi connectivity index (χ1) is 7.50. The number of halogens is 1. The number of carbonyl (C=O) groups excluding carboxylic acids is 1. The number of carboxylic acids is 1. The Balaban J connectivity index is 2.59. The van der Waals surface area contributed by atoms with Crippen molar-refractivity contribution in [1.29, 1.82) is 0 Å². The van der Waals surface area contributed by atoms with E-state index >= 15 is 0 Å². The molecular weight excluding hydrogens is 234 g/mol. The molecule has 0 fully saturated rings. The third kappa shape index (κ3) is 3.43. The van der Waals surface area contributed by atoms with E-state index in [1.165, 1.54) is 13.0 Å². The Morgan fingerprint density at radius 1 is 1.44 bits per heavy atom. The van der Waals surface area contributed by atoms with Crippen LogP contribution in [0.2, 0.25) is 5.02 Å². The number of para-hydroxylation sites is 1. The topological polar surface area (TPSA) is 75.6 Å². The number of ether oxygens (including phenoxy) is 1. The molecule has 86 valence electrons. The van der Waals surface area contributed by atoms with Crippen LogP contribution < -0.4 is 10.1 Å². The Labute approximate surface area is 97.0 Å². The summed E-state index contributed by atoms with van der Waals surface area (Å²) in [6, 6.07) is 5.38. The fourth-order valence-electron chi connectivity index (χ4n) is 0.895. The number of hydrogen-bond acceptors (Lipinski definition) is 3. The standard InChI is InChI=1S/C10H10ClNO4/c1-6(9(13)14)12-10(15)16-8-5-3-2-4-7(8)11/h2-6H,1H3,(H,12,15)(H,13,14). The highest BCUT2D eigenvalue weighted by Crippen LogP contribution is 2.22. The first-order valence-electron chi connectivity index (χ1n) is 4.46. The number of aliphatic carboxylic acids is 1. The Hall–Kier alpha value is -1.75. The molecule has 0 aliphatic carbocycles. The summed E-state index contributed by atoms with van der Waals surface area (Å²) in [4.78, 5) is 21.7. The number of carbonyl (C=O) groups is 2. The summed E-state index contributed by atoms with van der Waals surface area (Å²) in [6.45, 7) is 1.33. The molecule has 1 amide bonds. The molecule has 5 nitrogen and oxygen atoms in total. The van der Waals surface area contributed by atoms with Crippen LogP contribution in [0.3, 0.4) is 0 Å². The molecule has 0 saturated carbocycles. The fraction of sp³-hybridized carbons (Fsp3) is 0.200. The molecule has 6 heteroatoms. The Bertz CT molecular complexity index is 408. The third-order valence-electron chi connectivity index (χ3n) is 1.74. The third-order valence-corrected chi connectivity index (χ3v) is 2.06. The smallest absolute Gasteiger partial charge is 0.413 e. The minimum Gasteiger partial charge on any atom is -0.480 e. The van der Waals surface area contributed by atoms with Gasteiger partial charge < -0.3 is 15.2 Å². The van der Waals surface area contributed by atoms with Gasteiger partial charge in [-0.15, -0.1) is 0 Å². The van der Waals surface area contributed by atoms with Crippen LogP contribution in [0.4, 0.5) is 4.79 Å². The van der Waals surface area contributed by atoms with Gasteiger partial charge in [0.05, 0.1) is 5.02 Å². The van der Waals surface area contributed by atoms with E-state index in [4.69, 9.17) is 21.4 Å². The van der Waals surface area contributed by atoms with Gasteiger partial charge in [0.15, 0.2) is 5.75 Å². The Kier molecular flexibility index (Phi) is 4.13. The monoisotopic (exact) mass is 243 g/mol. The molecule has 16 heavy (non-hydrogen) atoms.